The normalized spacial score (nSPS) is 12.3. The third kappa shape index (κ3) is 8.88. The van der Waals surface area contributed by atoms with E-state index in [0.29, 0.717) is 19.0 Å². The van der Waals surface area contributed by atoms with Crippen LogP contribution >= 0.6 is 24.0 Å². The highest BCUT2D eigenvalue weighted by atomic mass is 127. The van der Waals surface area contributed by atoms with E-state index in [0.717, 1.165) is 17.8 Å². The fourth-order valence-electron chi connectivity index (χ4n) is 2.57. The van der Waals surface area contributed by atoms with Crippen molar-refractivity contribution in [1.29, 1.82) is 0 Å². The molecule has 2 aromatic heterocycles. The number of carbonyl (C=O) groups excluding carboxylic acids is 1. The van der Waals surface area contributed by atoms with Gasteiger partial charge in [0.05, 0.1) is 11.2 Å². The molecule has 0 aliphatic heterocycles. The van der Waals surface area contributed by atoms with Gasteiger partial charge in [0.15, 0.2) is 5.96 Å². The van der Waals surface area contributed by atoms with Crippen LogP contribution in [0.2, 0.25) is 0 Å². The van der Waals surface area contributed by atoms with Gasteiger partial charge in [-0.25, -0.2) is 9.78 Å². The zero-order valence-electron chi connectivity index (χ0n) is 18.1. The van der Waals surface area contributed by atoms with Crippen LogP contribution in [0.25, 0.3) is 5.65 Å². The minimum Gasteiger partial charge on any atom is -0.444 e. The first-order chi connectivity index (χ1) is 13.1. The minimum absolute atomic E-state index is 0. The summed E-state index contributed by atoms with van der Waals surface area (Å²) >= 11 is 0. The molecule has 29 heavy (non-hydrogen) atoms. The van der Waals surface area contributed by atoms with Crippen molar-refractivity contribution in [3.05, 3.63) is 36.3 Å². The van der Waals surface area contributed by atoms with Gasteiger partial charge in [0.1, 0.15) is 11.2 Å². The average molecular weight is 516 g/mol. The summed E-state index contributed by atoms with van der Waals surface area (Å²) in [7, 11) is 1.72. The largest absolute Gasteiger partial charge is 0.444 e. The number of aromatic nitrogens is 2. The highest BCUT2D eigenvalue weighted by Gasteiger charge is 2.24. The molecule has 0 radical (unpaired) electrons. The summed E-state index contributed by atoms with van der Waals surface area (Å²) in [6.07, 6.45) is 4.36. The number of aliphatic imine (C=N–C) groups is 1. The molecule has 9 heteroatoms. The molecule has 2 heterocycles. The third-order valence-electron chi connectivity index (χ3n) is 3.85. The van der Waals surface area contributed by atoms with Crippen molar-refractivity contribution in [1.82, 2.24) is 25.3 Å². The number of nitrogens with one attached hydrogen (secondary N) is 3. The summed E-state index contributed by atoms with van der Waals surface area (Å²) in [5.74, 6) is 0.669. The van der Waals surface area contributed by atoms with E-state index >= 15 is 0 Å². The molecule has 0 atom stereocenters. The van der Waals surface area contributed by atoms with Gasteiger partial charge in [-0.05, 0) is 46.8 Å². The molecular weight excluding hydrogens is 483 g/mol. The summed E-state index contributed by atoms with van der Waals surface area (Å²) in [6, 6.07) is 5.94. The van der Waals surface area contributed by atoms with E-state index in [1.54, 1.807) is 7.05 Å². The van der Waals surface area contributed by atoms with Crippen LogP contribution < -0.4 is 16.0 Å². The number of rotatable bonds is 6. The molecule has 0 spiro atoms. The summed E-state index contributed by atoms with van der Waals surface area (Å²) < 4.78 is 7.32. The van der Waals surface area contributed by atoms with Crippen molar-refractivity contribution in [3.63, 3.8) is 0 Å². The Morgan fingerprint density at radius 1 is 1.21 bits per heavy atom. The second-order valence-electron chi connectivity index (χ2n) is 8.31. The predicted molar refractivity (Wildman–Crippen MR) is 127 cm³/mol. The first-order valence-electron chi connectivity index (χ1n) is 9.46. The van der Waals surface area contributed by atoms with Gasteiger partial charge >= 0.3 is 6.09 Å². The van der Waals surface area contributed by atoms with Crippen molar-refractivity contribution < 1.29 is 9.53 Å². The molecule has 3 N–H and O–H groups in total. The number of alkyl carbamates (subject to hydrolysis) is 1. The van der Waals surface area contributed by atoms with Gasteiger partial charge in [-0.1, -0.05) is 6.07 Å². The summed E-state index contributed by atoms with van der Waals surface area (Å²) in [4.78, 5) is 20.8. The number of fused-ring (bicyclic) bond motifs is 1. The van der Waals surface area contributed by atoms with E-state index in [1.165, 1.54) is 0 Å². The Morgan fingerprint density at radius 2 is 1.93 bits per heavy atom. The number of halogens is 1. The fourth-order valence-corrected chi connectivity index (χ4v) is 2.57. The maximum Gasteiger partial charge on any atom is 0.408 e. The van der Waals surface area contributed by atoms with E-state index in [-0.39, 0.29) is 24.0 Å². The quantitative estimate of drug-likeness (QED) is 0.312. The number of pyridine rings is 1. The Balaban J connectivity index is 0.00000420. The SMILES string of the molecule is CN=C(NCCc1cn2ccccc2n1)NCC(C)(C)NC(=O)OC(C)(C)C.I. The smallest absolute Gasteiger partial charge is 0.408 e. The van der Waals surface area contributed by atoms with E-state index in [2.05, 4.69) is 25.9 Å². The third-order valence-corrected chi connectivity index (χ3v) is 3.85. The molecule has 8 nitrogen and oxygen atoms in total. The zero-order valence-corrected chi connectivity index (χ0v) is 20.4. The van der Waals surface area contributed by atoms with E-state index in [9.17, 15) is 4.79 Å². The average Bonchev–Trinajstić information content (AvgIpc) is 2.98. The Hall–Kier alpha value is -2.04. The number of hydrogen-bond acceptors (Lipinski definition) is 4. The van der Waals surface area contributed by atoms with E-state index < -0.39 is 17.2 Å². The number of guanidine groups is 1. The Morgan fingerprint density at radius 3 is 2.55 bits per heavy atom. The number of carbonyl (C=O) groups is 1. The predicted octanol–water partition coefficient (Wildman–Crippen LogP) is 2.96. The second kappa shape index (κ2) is 10.7. The van der Waals surface area contributed by atoms with Gasteiger partial charge in [-0.2, -0.15) is 0 Å². The van der Waals surface area contributed by atoms with Crippen molar-refractivity contribution >= 4 is 41.7 Å². The summed E-state index contributed by atoms with van der Waals surface area (Å²) in [6.45, 7) is 10.6. The van der Waals surface area contributed by atoms with Gasteiger partial charge in [0.2, 0.25) is 0 Å². The maximum absolute atomic E-state index is 12.0. The first kappa shape index (κ1) is 25.0. The first-order valence-corrected chi connectivity index (χ1v) is 9.46. The van der Waals surface area contributed by atoms with Crippen LogP contribution in [-0.4, -0.2) is 52.7 Å². The molecule has 0 aliphatic carbocycles. The molecule has 0 saturated heterocycles. The molecule has 2 aromatic rings. The van der Waals surface area contributed by atoms with Gasteiger partial charge in [-0.15, -0.1) is 24.0 Å². The maximum atomic E-state index is 12.0. The van der Waals surface area contributed by atoms with Crippen molar-refractivity contribution in [2.75, 3.05) is 20.1 Å². The molecule has 0 fully saturated rings. The molecule has 0 saturated carbocycles. The highest BCUT2D eigenvalue weighted by Crippen LogP contribution is 2.09. The van der Waals surface area contributed by atoms with Crippen molar-refractivity contribution in [2.45, 2.75) is 52.2 Å². The Kier molecular flexibility index (Phi) is 9.18. The van der Waals surface area contributed by atoms with Crippen LogP contribution in [0.15, 0.2) is 35.6 Å². The summed E-state index contributed by atoms with van der Waals surface area (Å²) in [5.41, 5.74) is 0.932. The van der Waals surface area contributed by atoms with Crippen LogP contribution in [0.1, 0.15) is 40.3 Å². The monoisotopic (exact) mass is 516 g/mol. The van der Waals surface area contributed by atoms with Crippen molar-refractivity contribution in [3.8, 4) is 0 Å². The number of nitrogens with zero attached hydrogens (tertiary/aromatic N) is 3. The fraction of sp³-hybridized carbons (Fsp3) is 0.550. The van der Waals surface area contributed by atoms with Crippen LogP contribution in [0.3, 0.4) is 0 Å². The number of hydrogen-bond donors (Lipinski definition) is 3. The van der Waals surface area contributed by atoms with Gasteiger partial charge in [0, 0.05) is 39.0 Å². The van der Waals surface area contributed by atoms with Crippen LogP contribution in [0.5, 0.6) is 0 Å². The second-order valence-corrected chi connectivity index (χ2v) is 8.31. The van der Waals surface area contributed by atoms with Gasteiger partial charge in [0.25, 0.3) is 0 Å². The van der Waals surface area contributed by atoms with Crippen LogP contribution in [0, 0.1) is 0 Å². The van der Waals surface area contributed by atoms with E-state index in [4.69, 9.17) is 4.74 Å². The lowest BCUT2D eigenvalue weighted by Gasteiger charge is -2.29. The van der Waals surface area contributed by atoms with Crippen LogP contribution in [0.4, 0.5) is 4.79 Å². The molecular formula is C20H33IN6O2. The Bertz CT molecular complexity index is 793. The number of imidazole rings is 1. The van der Waals surface area contributed by atoms with Gasteiger partial charge < -0.3 is 25.1 Å². The molecule has 0 unspecified atom stereocenters. The molecule has 1 amide bonds. The number of amides is 1. The molecule has 0 bridgehead atoms. The zero-order chi connectivity index (χ0) is 20.8. The lowest BCUT2D eigenvalue weighted by molar-refractivity contribution is 0.0474. The summed E-state index contributed by atoms with van der Waals surface area (Å²) in [5, 5.41) is 9.38. The lowest BCUT2D eigenvalue weighted by Crippen LogP contribution is -2.54. The minimum atomic E-state index is -0.525. The van der Waals surface area contributed by atoms with Crippen LogP contribution in [-0.2, 0) is 11.2 Å². The molecule has 0 aromatic carbocycles. The standard InChI is InChI=1S/C20H32N6O2.HI/c1-19(2,3)28-18(27)25-20(4,5)14-23-17(21-6)22-11-10-15-13-26-12-8-7-9-16(26)24-15;/h7-9,12-13H,10-11,14H2,1-6H3,(H,25,27)(H2,21,22,23);1H. The lowest BCUT2D eigenvalue weighted by atomic mass is 10.1. The van der Waals surface area contributed by atoms with Crippen molar-refractivity contribution in [2.24, 2.45) is 4.99 Å². The molecule has 0 aliphatic rings. The van der Waals surface area contributed by atoms with Gasteiger partial charge in [-0.3, -0.25) is 4.99 Å². The number of ether oxygens (including phenoxy) is 1. The topological polar surface area (TPSA) is 92.0 Å². The molecule has 2 rings (SSSR count). The molecule has 162 valence electrons. The van der Waals surface area contributed by atoms with E-state index in [1.807, 2.05) is 69.6 Å². The highest BCUT2D eigenvalue weighted by molar-refractivity contribution is 14.0. The Labute approximate surface area is 189 Å².